The molecule has 0 radical (unpaired) electrons. The molecule has 0 saturated heterocycles. The molecule has 0 aliphatic carbocycles. The second-order valence-electron chi connectivity index (χ2n) is 6.45. The summed E-state index contributed by atoms with van der Waals surface area (Å²) in [5.41, 5.74) is 1.87. The van der Waals surface area contributed by atoms with Crippen LogP contribution in [0.25, 0.3) is 15.9 Å². The van der Waals surface area contributed by atoms with Crippen molar-refractivity contribution in [3.8, 4) is 11.5 Å². The number of hydrogen-bond acceptors (Lipinski definition) is 8. The summed E-state index contributed by atoms with van der Waals surface area (Å²) in [6.45, 7) is 3.81. The summed E-state index contributed by atoms with van der Waals surface area (Å²) in [5, 5.41) is 2.47. The van der Waals surface area contributed by atoms with Crippen molar-refractivity contribution < 1.29 is 19.0 Å². The molecule has 0 spiro atoms. The van der Waals surface area contributed by atoms with Crippen molar-refractivity contribution in [3.05, 3.63) is 63.1 Å². The van der Waals surface area contributed by atoms with Gasteiger partial charge in [0.15, 0.2) is 4.96 Å². The number of aryl methyl sites for hydroxylation is 1. The van der Waals surface area contributed by atoms with Gasteiger partial charge in [-0.2, -0.15) is 0 Å². The number of pyridine rings is 1. The Morgan fingerprint density at radius 1 is 1.30 bits per heavy atom. The van der Waals surface area contributed by atoms with Crippen molar-refractivity contribution in [2.24, 2.45) is 0 Å². The fourth-order valence-electron chi connectivity index (χ4n) is 3.17. The van der Waals surface area contributed by atoms with Gasteiger partial charge < -0.3 is 14.2 Å². The van der Waals surface area contributed by atoms with E-state index in [4.69, 9.17) is 14.2 Å². The Morgan fingerprint density at radius 3 is 2.90 bits per heavy atom. The molecular weight excluding hydrogens is 406 g/mol. The maximum absolute atomic E-state index is 12.5. The number of aromatic nitrogens is 3. The van der Waals surface area contributed by atoms with Gasteiger partial charge in [0.05, 0.1) is 19.4 Å². The zero-order chi connectivity index (χ0) is 21.3. The number of methoxy groups -OCH3 is 1. The van der Waals surface area contributed by atoms with Crippen LogP contribution in [-0.4, -0.2) is 34.1 Å². The molecule has 0 unspecified atom stereocenters. The van der Waals surface area contributed by atoms with Gasteiger partial charge >= 0.3 is 5.97 Å². The zero-order valence-electron chi connectivity index (χ0n) is 16.7. The van der Waals surface area contributed by atoms with Crippen LogP contribution in [0.1, 0.15) is 28.7 Å². The third-order valence-corrected chi connectivity index (χ3v) is 5.46. The lowest BCUT2D eigenvalue weighted by Crippen LogP contribution is -2.16. The predicted molar refractivity (Wildman–Crippen MR) is 113 cm³/mol. The summed E-state index contributed by atoms with van der Waals surface area (Å²) in [7, 11) is 1.55. The summed E-state index contributed by atoms with van der Waals surface area (Å²) in [6.07, 6.45) is 1.41. The van der Waals surface area contributed by atoms with E-state index in [-0.39, 0.29) is 24.3 Å². The number of ether oxygens (including phenoxy) is 3. The van der Waals surface area contributed by atoms with Gasteiger partial charge in [0.1, 0.15) is 29.2 Å². The zero-order valence-corrected chi connectivity index (χ0v) is 17.5. The smallest absolute Gasteiger partial charge is 0.343 e. The molecule has 8 nitrogen and oxygen atoms in total. The van der Waals surface area contributed by atoms with Crippen molar-refractivity contribution in [2.75, 3.05) is 13.7 Å². The van der Waals surface area contributed by atoms with Crippen LogP contribution >= 0.6 is 11.3 Å². The average molecular weight is 425 g/mol. The average Bonchev–Trinajstić information content (AvgIpc) is 3.12. The van der Waals surface area contributed by atoms with Crippen LogP contribution in [0.5, 0.6) is 11.5 Å². The van der Waals surface area contributed by atoms with Crippen LogP contribution in [-0.2, 0) is 11.3 Å². The number of esters is 1. The van der Waals surface area contributed by atoms with E-state index in [1.807, 2.05) is 12.3 Å². The Hall–Kier alpha value is -3.46. The normalized spacial score (nSPS) is 11.0. The first-order valence-electron chi connectivity index (χ1n) is 9.26. The van der Waals surface area contributed by atoms with Gasteiger partial charge in [-0.25, -0.2) is 9.78 Å². The number of carbonyl (C=O) groups is 1. The van der Waals surface area contributed by atoms with Crippen LogP contribution in [0.3, 0.4) is 0 Å². The first-order valence-corrected chi connectivity index (χ1v) is 10.1. The maximum atomic E-state index is 12.5. The highest BCUT2D eigenvalue weighted by molar-refractivity contribution is 7.15. The molecule has 0 aliphatic rings. The SMILES string of the molecule is CCOC(=O)c1cnc2c(OC)cccc2c1OCc1cc(=O)n2c(C)csc2n1. The molecule has 30 heavy (non-hydrogen) atoms. The molecule has 1 aromatic carbocycles. The Labute approximate surface area is 175 Å². The highest BCUT2D eigenvalue weighted by Gasteiger charge is 2.20. The van der Waals surface area contributed by atoms with Crippen LogP contribution in [0, 0.1) is 6.92 Å². The minimum absolute atomic E-state index is 0.00537. The van der Waals surface area contributed by atoms with Gasteiger partial charge in [0, 0.05) is 28.7 Å². The van der Waals surface area contributed by atoms with Gasteiger partial charge in [-0.15, -0.1) is 11.3 Å². The van der Waals surface area contributed by atoms with E-state index in [1.54, 1.807) is 36.6 Å². The monoisotopic (exact) mass is 425 g/mol. The van der Waals surface area contributed by atoms with Crippen molar-refractivity contribution in [2.45, 2.75) is 20.5 Å². The maximum Gasteiger partial charge on any atom is 0.343 e. The van der Waals surface area contributed by atoms with Gasteiger partial charge in [-0.3, -0.25) is 14.2 Å². The Kier molecular flexibility index (Phi) is 5.37. The molecule has 0 saturated carbocycles. The number of carbonyl (C=O) groups excluding carboxylic acids is 1. The van der Waals surface area contributed by atoms with E-state index >= 15 is 0 Å². The molecule has 4 rings (SSSR count). The van der Waals surface area contributed by atoms with Crippen molar-refractivity contribution in [1.29, 1.82) is 0 Å². The largest absolute Gasteiger partial charge is 0.494 e. The van der Waals surface area contributed by atoms with Crippen LogP contribution in [0.2, 0.25) is 0 Å². The Morgan fingerprint density at radius 2 is 2.13 bits per heavy atom. The second kappa shape index (κ2) is 8.11. The van der Waals surface area contributed by atoms with Gasteiger partial charge in [-0.05, 0) is 26.0 Å². The van der Waals surface area contributed by atoms with Crippen LogP contribution in [0.15, 0.2) is 40.6 Å². The van der Waals surface area contributed by atoms with Crippen LogP contribution < -0.4 is 15.0 Å². The number of fused-ring (bicyclic) bond motifs is 2. The third-order valence-electron chi connectivity index (χ3n) is 4.52. The molecule has 9 heteroatoms. The lowest BCUT2D eigenvalue weighted by molar-refractivity contribution is 0.0521. The van der Waals surface area contributed by atoms with Crippen molar-refractivity contribution >= 4 is 33.2 Å². The summed E-state index contributed by atoms with van der Waals surface area (Å²) in [5.74, 6) is 0.323. The van der Waals surface area contributed by atoms with Gasteiger partial charge in [0.25, 0.3) is 5.56 Å². The summed E-state index contributed by atoms with van der Waals surface area (Å²) in [4.78, 5) is 34.3. The lowest BCUT2D eigenvalue weighted by atomic mass is 10.1. The molecular formula is C21H19N3O5S. The molecule has 4 aromatic rings. The second-order valence-corrected chi connectivity index (χ2v) is 7.28. The van der Waals surface area contributed by atoms with E-state index in [9.17, 15) is 9.59 Å². The Balaban J connectivity index is 1.77. The van der Waals surface area contributed by atoms with Crippen molar-refractivity contribution in [3.63, 3.8) is 0 Å². The fraction of sp³-hybridized carbons (Fsp3) is 0.238. The standard InChI is InChI=1S/C21H19N3O5S/c1-4-28-20(26)15-9-22-18-14(6-5-7-16(18)27-3)19(15)29-10-13-8-17(25)24-12(2)11-30-21(24)23-13/h5-9,11H,4,10H2,1-3H3. The highest BCUT2D eigenvalue weighted by Crippen LogP contribution is 2.34. The first kappa shape index (κ1) is 19.8. The summed E-state index contributed by atoms with van der Waals surface area (Å²) >= 11 is 1.38. The quantitative estimate of drug-likeness (QED) is 0.437. The third kappa shape index (κ3) is 3.48. The fourth-order valence-corrected chi connectivity index (χ4v) is 4.06. The van der Waals surface area contributed by atoms with E-state index in [2.05, 4.69) is 9.97 Å². The molecule has 0 atom stereocenters. The van der Waals surface area contributed by atoms with Crippen LogP contribution in [0.4, 0.5) is 0 Å². The minimum atomic E-state index is -0.540. The number of nitrogens with zero attached hydrogens (tertiary/aromatic N) is 3. The van der Waals surface area contributed by atoms with Crippen molar-refractivity contribution in [1.82, 2.24) is 14.4 Å². The molecule has 0 aliphatic heterocycles. The molecule has 0 amide bonds. The predicted octanol–water partition coefficient (Wildman–Crippen LogP) is 3.38. The topological polar surface area (TPSA) is 92.0 Å². The minimum Gasteiger partial charge on any atom is -0.494 e. The van der Waals surface area contributed by atoms with Gasteiger partial charge in [-0.1, -0.05) is 6.07 Å². The molecule has 3 heterocycles. The molecule has 0 N–H and O–H groups in total. The molecule has 0 bridgehead atoms. The molecule has 154 valence electrons. The number of benzene rings is 1. The number of thiazole rings is 1. The molecule has 3 aromatic heterocycles. The highest BCUT2D eigenvalue weighted by atomic mass is 32.1. The first-order chi connectivity index (χ1) is 14.5. The summed E-state index contributed by atoms with van der Waals surface area (Å²) in [6, 6.07) is 6.78. The van der Waals surface area contributed by atoms with Gasteiger partial charge in [0.2, 0.25) is 0 Å². The Bertz CT molecular complexity index is 1310. The number of rotatable bonds is 6. The van der Waals surface area contributed by atoms with E-state index < -0.39 is 5.97 Å². The molecule has 0 fully saturated rings. The van der Waals surface area contributed by atoms with E-state index in [0.717, 1.165) is 5.69 Å². The summed E-state index contributed by atoms with van der Waals surface area (Å²) < 4.78 is 18.1. The van der Waals surface area contributed by atoms with E-state index in [1.165, 1.54) is 23.6 Å². The number of para-hydroxylation sites is 1. The number of hydrogen-bond donors (Lipinski definition) is 0. The lowest BCUT2D eigenvalue weighted by Gasteiger charge is -2.14. The van der Waals surface area contributed by atoms with E-state index in [0.29, 0.717) is 33.1 Å².